The number of nitrogens with zero attached hydrogens (tertiary/aromatic N) is 6. The number of hydrogen-bond donors (Lipinski definition) is 2. The molecule has 37 heavy (non-hydrogen) atoms. The lowest BCUT2D eigenvalue weighted by Gasteiger charge is -2.17. The first-order valence-corrected chi connectivity index (χ1v) is 12.3. The van der Waals surface area contributed by atoms with Crippen LogP contribution >= 0.6 is 0 Å². The summed E-state index contributed by atoms with van der Waals surface area (Å²) in [6.45, 7) is 2.42. The van der Waals surface area contributed by atoms with E-state index in [4.69, 9.17) is 21.1 Å². The van der Waals surface area contributed by atoms with E-state index in [0.717, 1.165) is 41.8 Å². The number of nitrogens with one attached hydrogen (secondary N) is 1. The van der Waals surface area contributed by atoms with Gasteiger partial charge in [0.25, 0.3) is 0 Å². The number of aromatic nitrogens is 6. The van der Waals surface area contributed by atoms with Gasteiger partial charge in [-0.3, -0.25) is 4.98 Å². The Balaban J connectivity index is 1.46. The maximum absolute atomic E-state index is 10.3. The molecule has 1 unspecified atom stereocenters. The fourth-order valence-corrected chi connectivity index (χ4v) is 4.43. The Morgan fingerprint density at radius 1 is 1.11 bits per heavy atom. The van der Waals surface area contributed by atoms with E-state index in [1.54, 1.807) is 11.8 Å². The van der Waals surface area contributed by atoms with E-state index in [-0.39, 0.29) is 12.1 Å². The highest BCUT2D eigenvalue weighted by molar-refractivity contribution is 5.68. The average Bonchev–Trinajstić information content (AvgIpc) is 3.57. The predicted molar refractivity (Wildman–Crippen MR) is 140 cm³/mol. The van der Waals surface area contributed by atoms with Crippen molar-refractivity contribution in [2.45, 2.75) is 51.0 Å². The lowest BCUT2D eigenvalue weighted by molar-refractivity contribution is 0.116. The summed E-state index contributed by atoms with van der Waals surface area (Å²) in [5.74, 6) is 3.10. The molecule has 188 valence electrons. The number of aliphatic hydroxyl groups is 1. The number of terminal acetylenes is 1. The summed E-state index contributed by atoms with van der Waals surface area (Å²) in [4.78, 5) is 14.1. The van der Waals surface area contributed by atoms with Gasteiger partial charge in [-0.05, 0) is 56.5 Å². The van der Waals surface area contributed by atoms with Gasteiger partial charge in [-0.25, -0.2) is 14.6 Å². The van der Waals surface area contributed by atoms with Crippen LogP contribution in [-0.2, 0) is 11.3 Å². The SMILES string of the molecule is C#Cc1cccc(-c2cc(-c3cn(Cc4cccc(C(C)OC)n4)nn3)nc(N[C@@H]3CCC[C@H]3O)n2)c1. The largest absolute Gasteiger partial charge is 0.391 e. The van der Waals surface area contributed by atoms with Crippen molar-refractivity contribution in [2.75, 3.05) is 12.4 Å². The summed E-state index contributed by atoms with van der Waals surface area (Å²) in [5, 5.41) is 22.3. The van der Waals surface area contributed by atoms with Crippen molar-refractivity contribution in [3.63, 3.8) is 0 Å². The van der Waals surface area contributed by atoms with Crippen LogP contribution in [0.3, 0.4) is 0 Å². The summed E-state index contributed by atoms with van der Waals surface area (Å²) < 4.78 is 7.12. The molecule has 1 aliphatic carbocycles. The van der Waals surface area contributed by atoms with Gasteiger partial charge in [0.15, 0.2) is 0 Å². The van der Waals surface area contributed by atoms with Crippen LogP contribution < -0.4 is 5.32 Å². The van der Waals surface area contributed by atoms with E-state index in [9.17, 15) is 5.11 Å². The fourth-order valence-electron chi connectivity index (χ4n) is 4.43. The third-order valence-electron chi connectivity index (χ3n) is 6.57. The molecule has 0 radical (unpaired) electrons. The standard InChI is InChI=1S/C28H29N7O2/c1-4-19-8-5-9-20(14-19)24-15-25(32-28(31-24)30-23-12-7-13-27(23)36)26-17-35(34-33-26)16-21-10-6-11-22(29-21)18(2)37-3/h1,5-6,8-11,14-15,17-18,23,27,36H,7,12-13,16H2,2-3H3,(H,30,31,32)/t18?,23-,27-/m1/s1. The maximum Gasteiger partial charge on any atom is 0.224 e. The third-order valence-corrected chi connectivity index (χ3v) is 6.57. The van der Waals surface area contributed by atoms with Crippen molar-refractivity contribution in [1.82, 2.24) is 29.9 Å². The molecule has 9 nitrogen and oxygen atoms in total. The number of pyridine rings is 1. The van der Waals surface area contributed by atoms with Gasteiger partial charge in [0.1, 0.15) is 5.69 Å². The highest BCUT2D eigenvalue weighted by atomic mass is 16.5. The second-order valence-corrected chi connectivity index (χ2v) is 9.17. The molecular weight excluding hydrogens is 466 g/mol. The molecule has 9 heteroatoms. The first-order valence-electron chi connectivity index (χ1n) is 12.3. The van der Waals surface area contributed by atoms with Gasteiger partial charge in [-0.15, -0.1) is 11.5 Å². The molecule has 0 aliphatic heterocycles. The smallest absolute Gasteiger partial charge is 0.224 e. The zero-order valence-electron chi connectivity index (χ0n) is 20.9. The van der Waals surface area contributed by atoms with Gasteiger partial charge in [0, 0.05) is 18.2 Å². The molecule has 5 rings (SSSR count). The van der Waals surface area contributed by atoms with Crippen LogP contribution in [0.5, 0.6) is 0 Å². The van der Waals surface area contributed by atoms with Crippen LogP contribution in [0.15, 0.2) is 54.7 Å². The molecule has 0 spiro atoms. The minimum absolute atomic E-state index is 0.0938. The summed E-state index contributed by atoms with van der Waals surface area (Å²) in [6.07, 6.45) is 9.52. The summed E-state index contributed by atoms with van der Waals surface area (Å²) in [5.41, 5.74) is 5.27. The van der Waals surface area contributed by atoms with Gasteiger partial charge in [0.05, 0.1) is 53.8 Å². The van der Waals surface area contributed by atoms with E-state index in [1.807, 2.05) is 61.7 Å². The number of methoxy groups -OCH3 is 1. The zero-order chi connectivity index (χ0) is 25.8. The van der Waals surface area contributed by atoms with Crippen LogP contribution in [0.25, 0.3) is 22.6 Å². The van der Waals surface area contributed by atoms with Gasteiger partial charge in [-0.2, -0.15) is 0 Å². The van der Waals surface area contributed by atoms with E-state index in [1.165, 1.54) is 0 Å². The second kappa shape index (κ2) is 10.9. The average molecular weight is 496 g/mol. The Hall–Kier alpha value is -4.13. The van der Waals surface area contributed by atoms with E-state index in [2.05, 4.69) is 26.5 Å². The lowest BCUT2D eigenvalue weighted by atomic mass is 10.1. The normalized spacial score (nSPS) is 17.9. The molecule has 1 fully saturated rings. The minimum atomic E-state index is -0.426. The maximum atomic E-state index is 10.3. The van der Waals surface area contributed by atoms with Crippen LogP contribution in [0, 0.1) is 12.3 Å². The molecule has 4 aromatic rings. The molecule has 1 saturated carbocycles. The van der Waals surface area contributed by atoms with Gasteiger partial charge < -0.3 is 15.2 Å². The quantitative estimate of drug-likeness (QED) is 0.355. The van der Waals surface area contributed by atoms with Crippen molar-refractivity contribution in [1.29, 1.82) is 0 Å². The van der Waals surface area contributed by atoms with E-state index in [0.29, 0.717) is 29.6 Å². The first kappa shape index (κ1) is 24.6. The Morgan fingerprint density at radius 2 is 1.95 bits per heavy atom. The number of anilines is 1. The van der Waals surface area contributed by atoms with Crippen LogP contribution in [0.4, 0.5) is 5.95 Å². The number of ether oxygens (including phenoxy) is 1. The second-order valence-electron chi connectivity index (χ2n) is 9.17. The van der Waals surface area contributed by atoms with Crippen molar-refractivity contribution >= 4 is 5.95 Å². The van der Waals surface area contributed by atoms with Crippen LogP contribution in [-0.4, -0.2) is 54.3 Å². The van der Waals surface area contributed by atoms with Crippen LogP contribution in [0.1, 0.15) is 49.2 Å². The van der Waals surface area contributed by atoms with Gasteiger partial charge >= 0.3 is 0 Å². The Morgan fingerprint density at radius 3 is 2.73 bits per heavy atom. The van der Waals surface area contributed by atoms with Gasteiger partial charge in [-0.1, -0.05) is 29.3 Å². The number of benzene rings is 1. The first-order chi connectivity index (χ1) is 18.0. The molecule has 3 atom stereocenters. The number of rotatable bonds is 8. The van der Waals surface area contributed by atoms with Gasteiger partial charge in [0.2, 0.25) is 5.95 Å². The molecule has 3 aromatic heterocycles. The Kier molecular flexibility index (Phi) is 7.21. The van der Waals surface area contributed by atoms with Crippen molar-refractivity contribution in [3.8, 4) is 35.0 Å². The van der Waals surface area contributed by atoms with Crippen molar-refractivity contribution in [3.05, 3.63) is 71.7 Å². The molecular formula is C28H29N7O2. The highest BCUT2D eigenvalue weighted by Crippen LogP contribution is 2.27. The molecule has 1 aromatic carbocycles. The fraction of sp³-hybridized carbons (Fsp3) is 0.321. The third kappa shape index (κ3) is 5.66. The van der Waals surface area contributed by atoms with Crippen molar-refractivity contribution < 1.29 is 9.84 Å². The molecule has 1 aliphatic rings. The number of hydrogen-bond acceptors (Lipinski definition) is 8. The van der Waals surface area contributed by atoms with E-state index >= 15 is 0 Å². The zero-order valence-corrected chi connectivity index (χ0v) is 20.9. The highest BCUT2D eigenvalue weighted by Gasteiger charge is 2.26. The van der Waals surface area contributed by atoms with E-state index < -0.39 is 6.10 Å². The Bertz CT molecular complexity index is 1430. The number of aliphatic hydroxyl groups excluding tert-OH is 1. The molecule has 2 N–H and O–H groups in total. The topological polar surface area (TPSA) is 111 Å². The predicted octanol–water partition coefficient (Wildman–Crippen LogP) is 3.86. The molecule has 3 heterocycles. The lowest BCUT2D eigenvalue weighted by Crippen LogP contribution is -2.29. The molecule has 0 bridgehead atoms. The molecule has 0 amide bonds. The summed E-state index contributed by atoms with van der Waals surface area (Å²) in [6, 6.07) is 15.3. The summed E-state index contributed by atoms with van der Waals surface area (Å²) in [7, 11) is 1.66. The minimum Gasteiger partial charge on any atom is -0.391 e. The monoisotopic (exact) mass is 495 g/mol. The van der Waals surface area contributed by atoms with Crippen LogP contribution in [0.2, 0.25) is 0 Å². The molecule has 0 saturated heterocycles. The Labute approximate surface area is 216 Å². The van der Waals surface area contributed by atoms with Crippen molar-refractivity contribution in [2.24, 2.45) is 0 Å². The summed E-state index contributed by atoms with van der Waals surface area (Å²) >= 11 is 0.